The number of anilines is 2. The summed E-state index contributed by atoms with van der Waals surface area (Å²) in [6.45, 7) is 0. The minimum Gasteiger partial charge on any atom is -0.384 e. The Labute approximate surface area is 251 Å². The Morgan fingerprint density at radius 3 is 2.76 bits per heavy atom. The lowest BCUT2D eigenvalue weighted by atomic mass is 9.76. The van der Waals surface area contributed by atoms with Crippen LogP contribution in [0.25, 0.3) is 0 Å². The van der Waals surface area contributed by atoms with Crippen LogP contribution in [-0.4, -0.2) is 32.6 Å². The number of nitro groups is 1. The summed E-state index contributed by atoms with van der Waals surface area (Å²) in [4.78, 5) is 37.8. The number of Topliss-reactive ketones (excluding diaryl/α,β-unsaturated/α-hetero) is 1. The summed E-state index contributed by atoms with van der Waals surface area (Å²) in [6.07, 6.45) is 1.50. The summed E-state index contributed by atoms with van der Waals surface area (Å²) >= 11 is 14.6. The predicted octanol–water partition coefficient (Wildman–Crippen LogP) is 5.79. The number of aromatic nitrogens is 2. The van der Waals surface area contributed by atoms with Crippen molar-refractivity contribution in [3.8, 4) is 6.07 Å². The first-order valence-electron chi connectivity index (χ1n) is 12.1. The van der Waals surface area contributed by atoms with Crippen molar-refractivity contribution in [1.82, 2.24) is 10.2 Å². The van der Waals surface area contributed by atoms with Crippen LogP contribution in [0.5, 0.6) is 0 Å². The maximum absolute atomic E-state index is 13.3. The maximum atomic E-state index is 13.3. The molecule has 1 aliphatic heterocycles. The van der Waals surface area contributed by atoms with Crippen molar-refractivity contribution in [3.05, 3.63) is 90.9 Å². The van der Waals surface area contributed by atoms with E-state index in [4.69, 9.17) is 28.9 Å². The Balaban J connectivity index is 1.39. The predicted molar refractivity (Wildman–Crippen MR) is 157 cm³/mol. The monoisotopic (exact) mass is 627 g/mol. The number of hydrogen-bond acceptors (Lipinski definition) is 11. The molecular weight excluding hydrogens is 609 g/mol. The normalized spacial score (nSPS) is 16.9. The molecule has 0 radical (unpaired) electrons. The molecule has 0 saturated heterocycles. The van der Waals surface area contributed by atoms with Gasteiger partial charge < -0.3 is 11.1 Å². The molecule has 0 bridgehead atoms. The van der Waals surface area contributed by atoms with Crippen LogP contribution in [0, 0.1) is 21.4 Å². The molecule has 15 heteroatoms. The lowest BCUT2D eigenvalue weighted by Crippen LogP contribution is -2.38. The number of nitrogens with one attached hydrogen (secondary N) is 1. The van der Waals surface area contributed by atoms with Gasteiger partial charge in [0.2, 0.25) is 11.0 Å². The standard InChI is InChI=1S/C26H19Cl2N7O4S2/c27-16-5-2-1-4-14(16)22-15(11-29)24(30)34(18-6-3-7-20(36)23(18)22)25-32-33-26(41-25)40-12-21(37)31-13-8-9-17(28)19(10-13)35(38)39/h1-2,4-5,8-10,22H,3,6-7,12,30H2,(H,31,37). The minimum atomic E-state index is -0.693. The van der Waals surface area contributed by atoms with Crippen LogP contribution in [0.15, 0.2) is 69.5 Å². The number of nitrogens with two attached hydrogens (primary N) is 1. The van der Waals surface area contributed by atoms with E-state index in [-0.39, 0.29) is 39.3 Å². The van der Waals surface area contributed by atoms with Crippen LogP contribution in [0.4, 0.5) is 16.5 Å². The summed E-state index contributed by atoms with van der Waals surface area (Å²) < 4.78 is 0.445. The molecule has 2 heterocycles. The fraction of sp³-hybridized carbons (Fsp3) is 0.192. The number of hydrogen-bond donors (Lipinski definition) is 2. The van der Waals surface area contributed by atoms with Gasteiger partial charge in [-0.15, -0.1) is 10.2 Å². The van der Waals surface area contributed by atoms with Crippen molar-refractivity contribution in [1.29, 1.82) is 5.26 Å². The first kappa shape index (κ1) is 28.6. The molecule has 3 aromatic rings. The van der Waals surface area contributed by atoms with E-state index in [1.165, 1.54) is 18.2 Å². The average molecular weight is 629 g/mol. The number of allylic oxidation sites excluding steroid dienone is 3. The molecule has 3 N–H and O–H groups in total. The smallest absolute Gasteiger partial charge is 0.289 e. The van der Waals surface area contributed by atoms with Crippen molar-refractivity contribution in [2.24, 2.45) is 5.73 Å². The highest BCUT2D eigenvalue weighted by Gasteiger charge is 2.41. The molecule has 1 atom stereocenters. The fourth-order valence-electron chi connectivity index (χ4n) is 4.73. The Bertz CT molecular complexity index is 1700. The summed E-state index contributed by atoms with van der Waals surface area (Å²) in [5, 5.41) is 33.0. The number of benzene rings is 2. The summed E-state index contributed by atoms with van der Waals surface area (Å²) in [6, 6.07) is 13.2. The SMILES string of the molecule is N#CC1=C(N)N(c2nnc(SCC(=O)Nc3ccc(Cl)c([N+](=O)[O-])c3)s2)C2=C(C(=O)CCC2)C1c1ccccc1Cl. The highest BCUT2D eigenvalue weighted by Crippen LogP contribution is 2.48. The molecule has 1 aromatic heterocycles. The fourth-order valence-corrected chi connectivity index (χ4v) is 6.84. The van der Waals surface area contributed by atoms with Crippen molar-refractivity contribution in [2.75, 3.05) is 16.0 Å². The number of nitrogens with zero attached hydrogens (tertiary/aromatic N) is 5. The van der Waals surface area contributed by atoms with E-state index in [1.807, 2.05) is 0 Å². The molecule has 2 aromatic carbocycles. The van der Waals surface area contributed by atoms with Crippen LogP contribution in [0.2, 0.25) is 10.0 Å². The summed E-state index contributed by atoms with van der Waals surface area (Å²) in [7, 11) is 0. The Kier molecular flexibility index (Phi) is 8.27. The van der Waals surface area contributed by atoms with Crippen LogP contribution in [0.3, 0.4) is 0 Å². The van der Waals surface area contributed by atoms with Crippen molar-refractivity contribution >= 4 is 74.5 Å². The molecule has 1 aliphatic carbocycles. The highest BCUT2D eigenvalue weighted by molar-refractivity contribution is 8.01. The van der Waals surface area contributed by atoms with Gasteiger partial charge in [0, 0.05) is 34.5 Å². The van der Waals surface area contributed by atoms with Crippen LogP contribution < -0.4 is 16.0 Å². The number of amides is 1. The van der Waals surface area contributed by atoms with E-state index >= 15 is 0 Å². The molecule has 11 nitrogen and oxygen atoms in total. The zero-order chi connectivity index (χ0) is 29.3. The van der Waals surface area contributed by atoms with Gasteiger partial charge in [-0.05, 0) is 36.6 Å². The van der Waals surface area contributed by atoms with Crippen LogP contribution >= 0.6 is 46.3 Å². The van der Waals surface area contributed by atoms with Crippen LogP contribution in [0.1, 0.15) is 30.7 Å². The Hall–Kier alpha value is -3.96. The van der Waals surface area contributed by atoms with Gasteiger partial charge >= 0.3 is 0 Å². The third-order valence-electron chi connectivity index (χ3n) is 6.47. The Morgan fingerprint density at radius 2 is 2.02 bits per heavy atom. The number of rotatable bonds is 7. The molecule has 1 amide bonds. The van der Waals surface area contributed by atoms with Gasteiger partial charge in [-0.2, -0.15) is 5.26 Å². The van der Waals surface area contributed by atoms with E-state index in [0.29, 0.717) is 50.6 Å². The molecule has 1 unspecified atom stereocenters. The third kappa shape index (κ3) is 5.64. The largest absolute Gasteiger partial charge is 0.384 e. The number of halogens is 2. The van der Waals surface area contributed by atoms with Gasteiger partial charge in [0.25, 0.3) is 5.69 Å². The van der Waals surface area contributed by atoms with E-state index in [0.717, 1.165) is 23.1 Å². The summed E-state index contributed by atoms with van der Waals surface area (Å²) in [5.41, 5.74) is 8.41. The second kappa shape index (κ2) is 11.9. The first-order chi connectivity index (χ1) is 19.7. The molecule has 41 heavy (non-hydrogen) atoms. The summed E-state index contributed by atoms with van der Waals surface area (Å²) in [5.74, 6) is -1.11. The van der Waals surface area contributed by atoms with E-state index in [1.54, 1.807) is 29.2 Å². The second-order valence-corrected chi connectivity index (χ2v) is 11.9. The number of carbonyl (C=O) groups excluding carboxylic acids is 2. The molecule has 208 valence electrons. The van der Waals surface area contributed by atoms with Crippen molar-refractivity contribution < 1.29 is 14.5 Å². The molecule has 5 rings (SSSR count). The van der Waals surface area contributed by atoms with E-state index in [9.17, 15) is 25.0 Å². The third-order valence-corrected chi connectivity index (χ3v) is 9.18. The van der Waals surface area contributed by atoms with Gasteiger partial charge in [-0.1, -0.05) is 64.5 Å². The molecule has 0 fully saturated rings. The van der Waals surface area contributed by atoms with Gasteiger partial charge in [0.05, 0.1) is 28.2 Å². The molecular formula is C26H19Cl2N7O4S2. The number of nitriles is 1. The number of thioether (sulfide) groups is 1. The molecule has 0 spiro atoms. The lowest BCUT2D eigenvalue weighted by Gasteiger charge is -2.38. The van der Waals surface area contributed by atoms with E-state index in [2.05, 4.69) is 21.6 Å². The van der Waals surface area contributed by atoms with Crippen molar-refractivity contribution in [3.63, 3.8) is 0 Å². The lowest BCUT2D eigenvalue weighted by molar-refractivity contribution is -0.384. The van der Waals surface area contributed by atoms with Crippen molar-refractivity contribution in [2.45, 2.75) is 29.5 Å². The molecule has 0 saturated carbocycles. The zero-order valence-electron chi connectivity index (χ0n) is 21.0. The highest BCUT2D eigenvalue weighted by atomic mass is 35.5. The maximum Gasteiger partial charge on any atom is 0.289 e. The van der Waals surface area contributed by atoms with Gasteiger partial charge in [0.15, 0.2) is 10.1 Å². The average Bonchev–Trinajstić information content (AvgIpc) is 3.41. The molecule has 2 aliphatic rings. The Morgan fingerprint density at radius 1 is 1.24 bits per heavy atom. The van der Waals surface area contributed by atoms with Crippen LogP contribution in [-0.2, 0) is 9.59 Å². The zero-order valence-corrected chi connectivity index (χ0v) is 24.1. The quantitative estimate of drug-likeness (QED) is 0.186. The second-order valence-electron chi connectivity index (χ2n) is 8.95. The minimum absolute atomic E-state index is 0.0366. The van der Waals surface area contributed by atoms with Gasteiger partial charge in [0.1, 0.15) is 10.8 Å². The number of nitro benzene ring substituents is 1. The first-order valence-corrected chi connectivity index (χ1v) is 14.7. The number of ketones is 1. The van der Waals surface area contributed by atoms with E-state index < -0.39 is 16.7 Å². The topological polar surface area (TPSA) is 168 Å². The van der Waals surface area contributed by atoms with Gasteiger partial charge in [-0.3, -0.25) is 24.6 Å². The van der Waals surface area contributed by atoms with Gasteiger partial charge in [-0.25, -0.2) is 0 Å². The number of carbonyl (C=O) groups is 2.